The Kier molecular flexibility index (Phi) is 17.8. The molecule has 0 unspecified atom stereocenters. The summed E-state index contributed by atoms with van der Waals surface area (Å²) in [5.41, 5.74) is 11.0. The van der Waals surface area contributed by atoms with Crippen LogP contribution in [0.4, 0.5) is 0 Å². The predicted octanol–water partition coefficient (Wildman–Crippen LogP) is 12.0. The van der Waals surface area contributed by atoms with Gasteiger partial charge in [0.05, 0.1) is 43.5 Å². The molecule has 2 saturated heterocycles. The molecule has 74 heavy (non-hydrogen) atoms. The minimum absolute atomic E-state index is 0.161. The lowest BCUT2D eigenvalue weighted by molar-refractivity contribution is 0.113. The van der Waals surface area contributed by atoms with Gasteiger partial charge in [0.15, 0.2) is 11.6 Å². The molecular weight excluding hydrogens is 1010 g/mol. The summed E-state index contributed by atoms with van der Waals surface area (Å²) >= 11 is 25.5. The third-order valence-electron chi connectivity index (χ3n) is 13.8. The van der Waals surface area contributed by atoms with Gasteiger partial charge in [-0.2, -0.15) is 9.36 Å². The van der Waals surface area contributed by atoms with Gasteiger partial charge in [0, 0.05) is 65.4 Å². The van der Waals surface area contributed by atoms with Crippen LogP contribution in [0.1, 0.15) is 68.2 Å². The Balaban J connectivity index is 0.000000182. The predicted molar refractivity (Wildman–Crippen MR) is 301 cm³/mol. The zero-order chi connectivity index (χ0) is 51.6. The van der Waals surface area contributed by atoms with Crippen molar-refractivity contribution in [3.05, 3.63) is 222 Å². The van der Waals surface area contributed by atoms with Crippen LogP contribution in [0.2, 0.25) is 20.1 Å². The number of nitrogens with zero attached hydrogens (tertiary/aromatic N) is 12. The van der Waals surface area contributed by atoms with Gasteiger partial charge in [0.25, 0.3) is 0 Å². The summed E-state index contributed by atoms with van der Waals surface area (Å²) in [5, 5.41) is 28.3. The minimum Gasteiger partial charge on any atom is -0.297 e. The van der Waals surface area contributed by atoms with Gasteiger partial charge in [-0.1, -0.05) is 180 Å². The van der Waals surface area contributed by atoms with Crippen molar-refractivity contribution in [3.63, 3.8) is 0 Å². The largest absolute Gasteiger partial charge is 0.297 e. The molecule has 380 valence electrons. The van der Waals surface area contributed by atoms with Crippen LogP contribution in [0, 0.1) is 27.7 Å². The summed E-state index contributed by atoms with van der Waals surface area (Å²) in [6.45, 7) is 17.5. The molecule has 10 rings (SSSR count). The second kappa shape index (κ2) is 25.0. The molecule has 2 fully saturated rings. The Bertz CT molecular complexity index is 2930. The third-order valence-corrected chi connectivity index (χ3v) is 15.3. The zero-order valence-electron chi connectivity index (χ0n) is 42.1. The Labute approximate surface area is 454 Å². The topological polar surface area (TPSA) is 100 Å². The van der Waals surface area contributed by atoms with Gasteiger partial charge in [0.1, 0.15) is 0 Å². The van der Waals surface area contributed by atoms with E-state index in [1.54, 1.807) is 0 Å². The number of hydrogen-bond acceptors (Lipinski definition) is 10. The maximum absolute atomic E-state index is 6.47. The Morgan fingerprint density at radius 3 is 1.15 bits per heavy atom. The average molecular weight is 1070 g/mol. The number of benzene rings is 6. The van der Waals surface area contributed by atoms with Gasteiger partial charge < -0.3 is 0 Å². The molecule has 2 aliphatic heterocycles. The van der Waals surface area contributed by atoms with Crippen LogP contribution in [-0.2, 0) is 0 Å². The lowest BCUT2D eigenvalue weighted by Crippen LogP contribution is -2.48. The summed E-state index contributed by atoms with van der Waals surface area (Å²) in [5.74, 6) is 1.54. The highest BCUT2D eigenvalue weighted by Crippen LogP contribution is 2.36. The van der Waals surface area contributed by atoms with E-state index < -0.39 is 0 Å². The second-order valence-corrected chi connectivity index (χ2v) is 20.5. The van der Waals surface area contributed by atoms with Gasteiger partial charge >= 0.3 is 0 Å². The normalized spacial score (nSPS) is 15.9. The van der Waals surface area contributed by atoms with E-state index in [0.717, 1.165) is 122 Å². The second-order valence-electron chi connectivity index (χ2n) is 18.8. The van der Waals surface area contributed by atoms with Crippen molar-refractivity contribution in [2.75, 3.05) is 65.4 Å². The Hall–Kier alpha value is -6.06. The van der Waals surface area contributed by atoms with Crippen LogP contribution >= 0.6 is 46.4 Å². The zero-order valence-corrected chi connectivity index (χ0v) is 45.1. The molecule has 4 heterocycles. The molecule has 0 radical (unpaired) electrons. The first-order chi connectivity index (χ1) is 36.0. The summed E-state index contributed by atoms with van der Waals surface area (Å²) in [6, 6.07) is 44.6. The maximum atomic E-state index is 6.47. The number of tetrazole rings is 2. The van der Waals surface area contributed by atoms with Crippen LogP contribution in [0.5, 0.6) is 0 Å². The molecule has 0 aliphatic carbocycles. The van der Waals surface area contributed by atoms with E-state index in [4.69, 9.17) is 46.4 Å². The van der Waals surface area contributed by atoms with Gasteiger partial charge in [-0.25, -0.2) is 0 Å². The average Bonchev–Trinajstić information content (AvgIpc) is 4.08. The fourth-order valence-corrected chi connectivity index (χ4v) is 10.6. The van der Waals surface area contributed by atoms with E-state index in [2.05, 4.69) is 188 Å². The van der Waals surface area contributed by atoms with E-state index >= 15 is 0 Å². The fourth-order valence-electron chi connectivity index (χ4n) is 9.95. The molecule has 2 atom stereocenters. The van der Waals surface area contributed by atoms with E-state index in [1.165, 1.54) is 11.1 Å². The van der Waals surface area contributed by atoms with Crippen LogP contribution < -0.4 is 0 Å². The first-order valence-corrected chi connectivity index (χ1v) is 26.5. The van der Waals surface area contributed by atoms with E-state index in [-0.39, 0.29) is 12.1 Å². The molecule has 16 heteroatoms. The molecule has 12 nitrogen and oxygen atoms in total. The van der Waals surface area contributed by atoms with Gasteiger partial charge in [-0.05, 0) is 117 Å². The highest BCUT2D eigenvalue weighted by Gasteiger charge is 2.34. The van der Waals surface area contributed by atoms with Crippen molar-refractivity contribution < 1.29 is 0 Å². The van der Waals surface area contributed by atoms with Crippen LogP contribution in [0.3, 0.4) is 0 Å². The quantitative estimate of drug-likeness (QED) is 0.105. The van der Waals surface area contributed by atoms with Crippen LogP contribution in [0.25, 0.3) is 23.5 Å². The number of piperazine rings is 2. The van der Waals surface area contributed by atoms with Crippen molar-refractivity contribution in [2.24, 2.45) is 0 Å². The van der Waals surface area contributed by atoms with Gasteiger partial charge in [-0.15, -0.1) is 10.2 Å². The molecule has 0 N–H and O–H groups in total. The van der Waals surface area contributed by atoms with E-state index in [9.17, 15) is 0 Å². The molecule has 0 amide bonds. The number of hydrogen-bond donors (Lipinski definition) is 0. The molecule has 2 aliphatic rings. The summed E-state index contributed by atoms with van der Waals surface area (Å²) in [7, 11) is 0. The monoisotopic (exact) mass is 1060 g/mol. The first kappa shape index (κ1) is 52.8. The minimum atomic E-state index is -0.161. The number of rotatable bonds is 14. The molecule has 2 aromatic heterocycles. The first-order valence-electron chi connectivity index (χ1n) is 25.0. The standard InChI is InChI=1S/2C29H30Cl2N6/c2*1-21-8-6-9-22(2)27(21)37-29(32-33-34-37)28(24-13-14-25(30)26(31)20-24)36-18-16-35(17-19-36)15-7-12-23-10-4-3-5-11-23/h2*3-14,20,28H,15-19H2,1-2H3/b2*12-7+/t2*28-/m10/s1. The molecular formula is C58H60Cl4N12. The highest BCUT2D eigenvalue weighted by molar-refractivity contribution is 6.42. The summed E-state index contributed by atoms with van der Waals surface area (Å²) in [4.78, 5) is 9.81. The fraction of sp³-hybridized carbons (Fsp3) is 0.276. The highest BCUT2D eigenvalue weighted by atomic mass is 35.5. The smallest absolute Gasteiger partial charge is 0.178 e. The van der Waals surface area contributed by atoms with Crippen molar-refractivity contribution in [1.29, 1.82) is 0 Å². The number of para-hydroxylation sites is 2. The summed E-state index contributed by atoms with van der Waals surface area (Å²) < 4.78 is 3.76. The SMILES string of the molecule is Cc1cccc(C)c1-n1nnnc1[C@@H](c1ccc(Cl)c(Cl)c1)N1CCN(C/C=C/c2ccccc2)CC1.Cc1cccc(C)c1-n1nnnc1[C@H](c1ccc(Cl)c(Cl)c1)N1CCN(C/C=C/c2ccccc2)CC1. The number of aryl methyl sites for hydroxylation is 4. The lowest BCUT2D eigenvalue weighted by atomic mass is 10.0. The van der Waals surface area contributed by atoms with Gasteiger partial charge in [-0.3, -0.25) is 19.6 Å². The van der Waals surface area contributed by atoms with Crippen molar-refractivity contribution in [2.45, 2.75) is 39.8 Å². The molecule has 0 saturated carbocycles. The number of aromatic nitrogens is 8. The van der Waals surface area contributed by atoms with Crippen LogP contribution in [-0.4, -0.2) is 125 Å². The lowest BCUT2D eigenvalue weighted by Gasteiger charge is -2.38. The molecule has 8 aromatic rings. The van der Waals surface area contributed by atoms with E-state index in [1.807, 2.05) is 57.9 Å². The molecule has 6 aromatic carbocycles. The third kappa shape index (κ3) is 12.7. The summed E-state index contributed by atoms with van der Waals surface area (Å²) in [6.07, 6.45) is 8.85. The molecule has 0 bridgehead atoms. The van der Waals surface area contributed by atoms with Gasteiger partial charge in [0.2, 0.25) is 0 Å². The number of halogens is 4. The van der Waals surface area contributed by atoms with Crippen molar-refractivity contribution >= 4 is 58.6 Å². The Morgan fingerprint density at radius 2 is 0.797 bits per heavy atom. The van der Waals surface area contributed by atoms with Crippen molar-refractivity contribution in [1.82, 2.24) is 60.0 Å². The Morgan fingerprint density at radius 1 is 0.432 bits per heavy atom. The molecule has 0 spiro atoms. The van der Waals surface area contributed by atoms with Crippen LogP contribution in [0.15, 0.2) is 146 Å². The van der Waals surface area contributed by atoms with Crippen molar-refractivity contribution in [3.8, 4) is 11.4 Å². The van der Waals surface area contributed by atoms with E-state index in [0.29, 0.717) is 20.1 Å². The maximum Gasteiger partial charge on any atom is 0.178 e.